The molecule has 0 N–H and O–H groups in total. The second-order valence-corrected chi connectivity index (χ2v) is 4.08. The lowest BCUT2D eigenvalue weighted by molar-refractivity contribution is 0.544. The average molecular weight is 189 g/mol. The molecule has 3 nitrogen and oxygen atoms in total. The van der Waals surface area contributed by atoms with Gasteiger partial charge >= 0.3 is 0 Å². The van der Waals surface area contributed by atoms with E-state index in [1.807, 2.05) is 0 Å². The van der Waals surface area contributed by atoms with E-state index in [9.17, 15) is 0 Å². The van der Waals surface area contributed by atoms with Crippen molar-refractivity contribution in [2.45, 2.75) is 26.2 Å². The van der Waals surface area contributed by atoms with Gasteiger partial charge in [-0.05, 0) is 12.8 Å². The second-order valence-electron chi connectivity index (χ2n) is 4.08. The van der Waals surface area contributed by atoms with Crippen LogP contribution in [0.15, 0.2) is 17.8 Å². The Morgan fingerprint density at radius 3 is 2.50 bits per heavy atom. The molecule has 0 saturated heterocycles. The summed E-state index contributed by atoms with van der Waals surface area (Å²) in [7, 11) is 0. The fourth-order valence-corrected chi connectivity index (χ4v) is 1.02. The monoisotopic (exact) mass is 189 g/mol. The van der Waals surface area contributed by atoms with Crippen molar-refractivity contribution in [1.29, 1.82) is 0 Å². The van der Waals surface area contributed by atoms with Crippen LogP contribution in [-0.2, 0) is 5.41 Å². The zero-order chi connectivity index (χ0) is 10.8. The maximum absolute atomic E-state index is 4.37. The largest absolute Gasteiger partial charge is 0.261 e. The van der Waals surface area contributed by atoms with Gasteiger partial charge in [0, 0.05) is 5.41 Å². The van der Waals surface area contributed by atoms with Crippen molar-refractivity contribution in [1.82, 2.24) is 9.97 Å². The third-order valence-electron chi connectivity index (χ3n) is 1.83. The normalized spacial score (nSPS) is 11.1. The van der Waals surface area contributed by atoms with Crippen LogP contribution in [0, 0.1) is 0 Å². The molecule has 0 saturated carbocycles. The minimum atomic E-state index is -0.0581. The first-order chi connectivity index (χ1) is 6.49. The van der Waals surface area contributed by atoms with Crippen molar-refractivity contribution in [3.05, 3.63) is 24.3 Å². The number of hydrogen-bond acceptors (Lipinski definition) is 3. The summed E-state index contributed by atoms with van der Waals surface area (Å²) in [5, 5.41) is 0. The van der Waals surface area contributed by atoms with Gasteiger partial charge in [0.05, 0.1) is 11.9 Å². The third kappa shape index (κ3) is 2.05. The molecule has 0 radical (unpaired) electrons. The van der Waals surface area contributed by atoms with E-state index in [2.05, 4.69) is 49.0 Å². The first-order valence-electron chi connectivity index (χ1n) is 4.45. The number of rotatable bonds is 2. The van der Waals surface area contributed by atoms with Crippen LogP contribution in [0.5, 0.6) is 0 Å². The molecule has 0 atom stereocenters. The lowest BCUT2D eigenvalue weighted by Gasteiger charge is -2.16. The average Bonchev–Trinajstić information content (AvgIpc) is 2.15. The van der Waals surface area contributed by atoms with Gasteiger partial charge in [-0.25, -0.2) is 9.97 Å². The van der Waals surface area contributed by atoms with E-state index < -0.39 is 0 Å². The molecule has 3 heteroatoms. The van der Waals surface area contributed by atoms with E-state index in [1.165, 1.54) is 0 Å². The van der Waals surface area contributed by atoms with Crippen molar-refractivity contribution >= 4 is 18.5 Å². The van der Waals surface area contributed by atoms with Crippen molar-refractivity contribution in [3.8, 4) is 0 Å². The quantitative estimate of drug-likeness (QED) is 0.671. The highest BCUT2D eigenvalue weighted by Gasteiger charge is 2.17. The summed E-state index contributed by atoms with van der Waals surface area (Å²) in [6, 6.07) is 0. The van der Waals surface area contributed by atoms with E-state index in [1.54, 1.807) is 12.3 Å². The molecule has 1 aromatic heterocycles. The Bertz CT molecular complexity index is 361. The Morgan fingerprint density at radius 1 is 1.43 bits per heavy atom. The van der Waals surface area contributed by atoms with Crippen molar-refractivity contribution in [2.75, 3.05) is 0 Å². The molecule has 0 aliphatic heterocycles. The van der Waals surface area contributed by atoms with Crippen molar-refractivity contribution in [3.63, 3.8) is 0 Å². The number of hydrogen-bond donors (Lipinski definition) is 0. The summed E-state index contributed by atoms with van der Waals surface area (Å²) in [5.41, 5.74) is 1.35. The van der Waals surface area contributed by atoms with Crippen LogP contribution < -0.4 is 0 Å². The lowest BCUT2D eigenvalue weighted by atomic mass is 9.95. The van der Waals surface area contributed by atoms with E-state index in [4.69, 9.17) is 0 Å². The summed E-state index contributed by atoms with van der Waals surface area (Å²) in [4.78, 5) is 12.4. The molecule has 0 unspecified atom stereocenters. The Kier molecular flexibility index (Phi) is 2.79. The van der Waals surface area contributed by atoms with Gasteiger partial charge in [0.25, 0.3) is 0 Å². The lowest BCUT2D eigenvalue weighted by Crippen LogP contribution is -2.16. The van der Waals surface area contributed by atoms with Crippen LogP contribution in [0.25, 0.3) is 6.08 Å². The minimum absolute atomic E-state index is 0.0581. The topological polar surface area (TPSA) is 38.1 Å². The molecule has 1 aromatic rings. The highest BCUT2D eigenvalue weighted by molar-refractivity contribution is 5.60. The van der Waals surface area contributed by atoms with Gasteiger partial charge < -0.3 is 0 Å². The smallest absolute Gasteiger partial charge is 0.134 e. The molecule has 0 spiro atoms. The molecule has 0 fully saturated rings. The van der Waals surface area contributed by atoms with E-state index in [0.717, 1.165) is 11.5 Å². The van der Waals surface area contributed by atoms with Crippen LogP contribution in [0.3, 0.4) is 0 Å². The van der Waals surface area contributed by atoms with Crippen LogP contribution in [0.2, 0.25) is 0 Å². The number of aromatic nitrogens is 2. The molecule has 14 heavy (non-hydrogen) atoms. The molecule has 0 bridgehead atoms. The second kappa shape index (κ2) is 3.70. The third-order valence-corrected chi connectivity index (χ3v) is 1.83. The SMILES string of the molecule is C=Cc1nc(C(C)(C)C)ncc1N=C. The molecular formula is C11H15N3. The van der Waals surface area contributed by atoms with E-state index >= 15 is 0 Å². The number of nitrogens with zero attached hydrogens (tertiary/aromatic N) is 3. The summed E-state index contributed by atoms with van der Waals surface area (Å²) >= 11 is 0. The minimum Gasteiger partial charge on any atom is -0.261 e. The highest BCUT2D eigenvalue weighted by Crippen LogP contribution is 2.22. The van der Waals surface area contributed by atoms with Gasteiger partial charge in [-0.1, -0.05) is 27.4 Å². The highest BCUT2D eigenvalue weighted by atomic mass is 14.9. The molecule has 0 aromatic carbocycles. The first-order valence-corrected chi connectivity index (χ1v) is 4.45. The van der Waals surface area contributed by atoms with Gasteiger partial charge in [-0.15, -0.1) is 0 Å². The predicted molar refractivity (Wildman–Crippen MR) is 60.0 cm³/mol. The van der Waals surface area contributed by atoms with Gasteiger partial charge in [0.15, 0.2) is 0 Å². The maximum Gasteiger partial charge on any atom is 0.134 e. The molecule has 1 heterocycles. The van der Waals surface area contributed by atoms with E-state index in [-0.39, 0.29) is 5.41 Å². The predicted octanol–water partition coefficient (Wildman–Crippen LogP) is 2.75. The maximum atomic E-state index is 4.37. The Balaban J connectivity index is 3.27. The van der Waals surface area contributed by atoms with Gasteiger partial charge in [0.2, 0.25) is 0 Å². The Hall–Kier alpha value is -1.51. The Labute approximate surface area is 84.6 Å². The molecule has 0 amide bonds. The zero-order valence-corrected chi connectivity index (χ0v) is 8.91. The molecule has 1 rings (SSSR count). The van der Waals surface area contributed by atoms with Gasteiger partial charge in [-0.3, -0.25) is 4.99 Å². The van der Waals surface area contributed by atoms with Crippen molar-refractivity contribution in [2.24, 2.45) is 4.99 Å². The van der Waals surface area contributed by atoms with Gasteiger partial charge in [0.1, 0.15) is 11.5 Å². The van der Waals surface area contributed by atoms with Crippen LogP contribution in [-0.4, -0.2) is 16.7 Å². The van der Waals surface area contributed by atoms with Crippen molar-refractivity contribution < 1.29 is 0 Å². The Morgan fingerprint density at radius 2 is 2.07 bits per heavy atom. The fourth-order valence-electron chi connectivity index (χ4n) is 1.02. The molecule has 0 aliphatic rings. The van der Waals surface area contributed by atoms with Crippen LogP contribution in [0.4, 0.5) is 5.69 Å². The summed E-state index contributed by atoms with van der Waals surface area (Å²) in [6.07, 6.45) is 3.35. The van der Waals surface area contributed by atoms with E-state index in [0.29, 0.717) is 5.69 Å². The molecule has 0 aliphatic carbocycles. The number of aliphatic imine (C=N–C) groups is 1. The van der Waals surface area contributed by atoms with Gasteiger partial charge in [-0.2, -0.15) is 0 Å². The standard InChI is InChI=1S/C11H15N3/c1-6-8-9(12-5)7-13-10(14-8)11(2,3)4/h6-7H,1,5H2,2-4H3. The summed E-state index contributed by atoms with van der Waals surface area (Å²) in [5.74, 6) is 0.791. The molecular weight excluding hydrogens is 174 g/mol. The fraction of sp³-hybridized carbons (Fsp3) is 0.364. The first kappa shape index (κ1) is 10.6. The zero-order valence-electron chi connectivity index (χ0n) is 8.91. The summed E-state index contributed by atoms with van der Waals surface area (Å²) < 4.78 is 0. The summed E-state index contributed by atoms with van der Waals surface area (Å²) in [6.45, 7) is 13.3. The van der Waals surface area contributed by atoms with Crippen LogP contribution >= 0.6 is 0 Å². The molecule has 74 valence electrons. The van der Waals surface area contributed by atoms with Crippen LogP contribution in [0.1, 0.15) is 32.3 Å².